The smallest absolute Gasteiger partial charge is 0.256 e. The first-order valence-corrected chi connectivity index (χ1v) is 8.36. The first-order chi connectivity index (χ1) is 11.0. The number of carbonyl (C=O) groups excluding carboxylic acids is 2. The van der Waals surface area contributed by atoms with E-state index >= 15 is 0 Å². The molecule has 0 aliphatic carbocycles. The van der Waals surface area contributed by atoms with Crippen molar-refractivity contribution in [2.75, 3.05) is 10.2 Å². The second-order valence-corrected chi connectivity index (χ2v) is 6.66. The topological polar surface area (TPSA) is 49.4 Å². The molecule has 0 spiro atoms. The first kappa shape index (κ1) is 16.3. The van der Waals surface area contributed by atoms with E-state index < -0.39 is 6.04 Å². The summed E-state index contributed by atoms with van der Waals surface area (Å²) >= 11 is 15.5. The fourth-order valence-corrected chi connectivity index (χ4v) is 3.21. The minimum absolute atomic E-state index is 0.0585. The van der Waals surface area contributed by atoms with Crippen molar-refractivity contribution in [3.63, 3.8) is 0 Å². The molecule has 2 aromatic rings. The van der Waals surface area contributed by atoms with Gasteiger partial charge in [0.15, 0.2) is 0 Å². The Bertz CT molecular complexity index is 797. The Hall–Kier alpha value is -1.56. The molecule has 1 N–H and O–H groups in total. The van der Waals surface area contributed by atoms with E-state index in [4.69, 9.17) is 23.2 Å². The van der Waals surface area contributed by atoms with Crippen molar-refractivity contribution in [2.24, 2.45) is 0 Å². The van der Waals surface area contributed by atoms with Crippen molar-refractivity contribution in [3.8, 4) is 0 Å². The molecule has 118 valence electrons. The highest BCUT2D eigenvalue weighted by molar-refractivity contribution is 9.10. The van der Waals surface area contributed by atoms with Gasteiger partial charge < -0.3 is 5.32 Å². The molecule has 2 aromatic carbocycles. The molecule has 1 aliphatic rings. The summed E-state index contributed by atoms with van der Waals surface area (Å²) in [6.07, 6.45) is 0.0585. The number of rotatable bonds is 3. The molecule has 4 nitrogen and oxygen atoms in total. The zero-order valence-corrected chi connectivity index (χ0v) is 14.8. The third kappa shape index (κ3) is 3.09. The second-order valence-electron chi connectivity index (χ2n) is 5.02. The number of para-hydroxylation sites is 1. The highest BCUT2D eigenvalue weighted by atomic mass is 79.9. The fourth-order valence-electron chi connectivity index (χ4n) is 2.43. The molecule has 1 aliphatic heterocycles. The van der Waals surface area contributed by atoms with E-state index in [0.717, 1.165) is 15.1 Å². The number of hydrogen-bond donors (Lipinski definition) is 1. The average Bonchev–Trinajstić information content (AvgIpc) is 2.79. The maximum absolute atomic E-state index is 12.6. The maximum atomic E-state index is 12.6. The fraction of sp³-hybridized carbons (Fsp3) is 0.125. The van der Waals surface area contributed by atoms with Gasteiger partial charge in [0.05, 0.1) is 22.2 Å². The highest BCUT2D eigenvalue weighted by Gasteiger charge is 2.40. The molecule has 7 heteroatoms. The number of benzene rings is 2. The van der Waals surface area contributed by atoms with Crippen LogP contribution in [0.1, 0.15) is 6.42 Å². The first-order valence-electron chi connectivity index (χ1n) is 6.81. The number of nitrogens with zero attached hydrogens (tertiary/aromatic N) is 1. The second kappa shape index (κ2) is 6.51. The quantitative estimate of drug-likeness (QED) is 0.753. The van der Waals surface area contributed by atoms with Crippen molar-refractivity contribution in [3.05, 3.63) is 57.0 Å². The molecular formula is C16H11BrCl2N2O2. The highest BCUT2D eigenvalue weighted by Crippen LogP contribution is 2.35. The van der Waals surface area contributed by atoms with Gasteiger partial charge in [-0.05, 0) is 40.2 Å². The number of anilines is 2. The SMILES string of the molecule is O=C1C[C@@H](Nc2ccccc2Br)C(=O)N1c1cccc(Cl)c1Cl. The summed E-state index contributed by atoms with van der Waals surface area (Å²) in [5, 5.41) is 3.58. The summed E-state index contributed by atoms with van der Waals surface area (Å²) in [6, 6.07) is 11.6. The molecule has 0 aromatic heterocycles. The Balaban J connectivity index is 1.89. The molecule has 0 saturated carbocycles. The number of nitrogens with one attached hydrogen (secondary N) is 1. The van der Waals surface area contributed by atoms with Crippen LogP contribution in [0.3, 0.4) is 0 Å². The molecule has 0 unspecified atom stereocenters. The Morgan fingerprint density at radius 1 is 1.09 bits per heavy atom. The normalized spacial score (nSPS) is 17.7. The zero-order valence-electron chi connectivity index (χ0n) is 11.7. The van der Waals surface area contributed by atoms with Gasteiger partial charge in [-0.3, -0.25) is 9.59 Å². The van der Waals surface area contributed by atoms with Crippen LogP contribution in [0.2, 0.25) is 10.0 Å². The van der Waals surface area contributed by atoms with E-state index in [-0.39, 0.29) is 23.3 Å². The van der Waals surface area contributed by atoms with Gasteiger partial charge in [-0.15, -0.1) is 0 Å². The third-order valence-corrected chi connectivity index (χ3v) is 5.02. The lowest BCUT2D eigenvalue weighted by molar-refractivity contribution is -0.121. The lowest BCUT2D eigenvalue weighted by atomic mass is 10.2. The molecule has 2 amide bonds. The van der Waals surface area contributed by atoms with Crippen LogP contribution in [0.4, 0.5) is 11.4 Å². The van der Waals surface area contributed by atoms with E-state index in [1.807, 2.05) is 24.3 Å². The predicted octanol–water partition coefficient (Wildman–Crippen LogP) is 4.50. The van der Waals surface area contributed by atoms with Gasteiger partial charge in [0, 0.05) is 10.2 Å². The zero-order chi connectivity index (χ0) is 16.6. The third-order valence-electron chi connectivity index (χ3n) is 3.52. The largest absolute Gasteiger partial charge is 0.372 e. The van der Waals surface area contributed by atoms with Crippen LogP contribution in [0.15, 0.2) is 46.9 Å². The van der Waals surface area contributed by atoms with Gasteiger partial charge in [-0.2, -0.15) is 0 Å². The summed E-state index contributed by atoms with van der Waals surface area (Å²) in [5.41, 5.74) is 1.06. The van der Waals surface area contributed by atoms with Crippen molar-refractivity contribution >= 4 is 62.3 Å². The minimum Gasteiger partial charge on any atom is -0.372 e. The maximum Gasteiger partial charge on any atom is 0.256 e. The molecule has 1 saturated heterocycles. The van der Waals surface area contributed by atoms with Crippen LogP contribution in [-0.4, -0.2) is 17.9 Å². The Labute approximate surface area is 151 Å². The van der Waals surface area contributed by atoms with Crippen molar-refractivity contribution in [1.82, 2.24) is 0 Å². The van der Waals surface area contributed by atoms with E-state index in [2.05, 4.69) is 21.2 Å². The number of halogens is 3. The van der Waals surface area contributed by atoms with Crippen LogP contribution in [0.25, 0.3) is 0 Å². The molecule has 0 radical (unpaired) electrons. The van der Waals surface area contributed by atoms with Crippen LogP contribution in [-0.2, 0) is 9.59 Å². The van der Waals surface area contributed by atoms with Crippen LogP contribution in [0, 0.1) is 0 Å². The van der Waals surface area contributed by atoms with Crippen LogP contribution in [0.5, 0.6) is 0 Å². The summed E-state index contributed by atoms with van der Waals surface area (Å²) in [4.78, 5) is 26.0. The summed E-state index contributed by atoms with van der Waals surface area (Å²) in [5.74, 6) is -0.668. The van der Waals surface area contributed by atoms with Crippen molar-refractivity contribution < 1.29 is 9.59 Å². The van der Waals surface area contributed by atoms with Gasteiger partial charge in [-0.25, -0.2) is 4.90 Å². The molecular weight excluding hydrogens is 403 g/mol. The molecule has 1 heterocycles. The Morgan fingerprint density at radius 2 is 1.83 bits per heavy atom. The lowest BCUT2D eigenvalue weighted by Gasteiger charge is -2.18. The molecule has 23 heavy (non-hydrogen) atoms. The molecule has 1 fully saturated rings. The Morgan fingerprint density at radius 3 is 2.57 bits per heavy atom. The van der Waals surface area contributed by atoms with Gasteiger partial charge in [-0.1, -0.05) is 41.4 Å². The number of hydrogen-bond acceptors (Lipinski definition) is 3. The standard InChI is InChI=1S/C16H11BrCl2N2O2/c17-9-4-1-2-6-11(9)20-12-8-14(22)21(16(12)23)13-7-3-5-10(18)15(13)19/h1-7,12,20H,8H2/t12-/m1/s1. The predicted molar refractivity (Wildman–Crippen MR) is 95.1 cm³/mol. The molecule has 0 bridgehead atoms. The summed E-state index contributed by atoms with van der Waals surface area (Å²) < 4.78 is 0.819. The average molecular weight is 414 g/mol. The minimum atomic E-state index is -0.642. The molecule has 3 rings (SSSR count). The number of imide groups is 1. The Kier molecular flexibility index (Phi) is 4.62. The van der Waals surface area contributed by atoms with Crippen LogP contribution < -0.4 is 10.2 Å². The van der Waals surface area contributed by atoms with E-state index in [0.29, 0.717) is 10.7 Å². The summed E-state index contributed by atoms with van der Waals surface area (Å²) in [6.45, 7) is 0. The molecule has 1 atom stereocenters. The lowest BCUT2D eigenvalue weighted by Crippen LogP contribution is -2.35. The van der Waals surface area contributed by atoms with Crippen molar-refractivity contribution in [2.45, 2.75) is 12.5 Å². The van der Waals surface area contributed by atoms with E-state index in [9.17, 15) is 9.59 Å². The monoisotopic (exact) mass is 412 g/mol. The number of amides is 2. The number of carbonyl (C=O) groups is 2. The summed E-state index contributed by atoms with van der Waals surface area (Å²) in [7, 11) is 0. The van der Waals surface area contributed by atoms with Crippen LogP contribution >= 0.6 is 39.1 Å². The van der Waals surface area contributed by atoms with E-state index in [1.165, 1.54) is 0 Å². The van der Waals surface area contributed by atoms with Crippen molar-refractivity contribution in [1.29, 1.82) is 0 Å². The van der Waals surface area contributed by atoms with Gasteiger partial charge in [0.2, 0.25) is 5.91 Å². The van der Waals surface area contributed by atoms with E-state index in [1.54, 1.807) is 18.2 Å². The van der Waals surface area contributed by atoms with Gasteiger partial charge in [0.1, 0.15) is 6.04 Å². The van der Waals surface area contributed by atoms with Gasteiger partial charge in [0.25, 0.3) is 5.91 Å². The van der Waals surface area contributed by atoms with Gasteiger partial charge >= 0.3 is 0 Å².